The quantitative estimate of drug-likeness (QED) is 0.479. The van der Waals surface area contributed by atoms with Gasteiger partial charge in [0.1, 0.15) is 5.60 Å². The largest absolute Gasteiger partial charge is 0.384 e. The molecule has 0 saturated carbocycles. The first-order chi connectivity index (χ1) is 13.7. The molecule has 5 rings (SSSR count). The molecule has 140 valence electrons. The highest BCUT2D eigenvalue weighted by Gasteiger charge is 2.36. The molecular weight excluding hydrogens is 344 g/mol. The molecule has 28 heavy (non-hydrogen) atoms. The molecule has 0 radical (unpaired) electrons. The number of aromatic amines is 1. The first-order valence-corrected chi connectivity index (χ1v) is 9.90. The van der Waals surface area contributed by atoms with Crippen molar-refractivity contribution in [2.45, 2.75) is 24.5 Å². The van der Waals surface area contributed by atoms with Crippen molar-refractivity contribution in [3.05, 3.63) is 107 Å². The average molecular weight is 368 g/mol. The third kappa shape index (κ3) is 2.93. The Morgan fingerprint density at radius 1 is 0.929 bits per heavy atom. The summed E-state index contributed by atoms with van der Waals surface area (Å²) in [6.07, 6.45) is 3.67. The minimum absolute atomic E-state index is 0.0116. The van der Waals surface area contributed by atoms with Gasteiger partial charge in [-0.2, -0.15) is 0 Å². The number of benzene rings is 3. The molecule has 1 heterocycles. The van der Waals surface area contributed by atoms with Crippen molar-refractivity contribution in [1.82, 2.24) is 10.3 Å². The highest BCUT2D eigenvalue weighted by Crippen LogP contribution is 2.37. The summed E-state index contributed by atoms with van der Waals surface area (Å²) >= 11 is 0. The Hall–Kier alpha value is -2.88. The summed E-state index contributed by atoms with van der Waals surface area (Å²) in [4.78, 5) is 3.31. The summed E-state index contributed by atoms with van der Waals surface area (Å²) in [7, 11) is 0. The molecule has 2 atom stereocenters. The molecule has 1 aliphatic rings. The van der Waals surface area contributed by atoms with Gasteiger partial charge in [-0.25, -0.2) is 0 Å². The smallest absolute Gasteiger partial charge is 0.103 e. The van der Waals surface area contributed by atoms with E-state index < -0.39 is 5.60 Å². The number of hydrogen-bond acceptors (Lipinski definition) is 2. The second-order valence-electron chi connectivity index (χ2n) is 7.70. The minimum Gasteiger partial charge on any atom is -0.384 e. The van der Waals surface area contributed by atoms with E-state index in [1.807, 2.05) is 18.3 Å². The predicted molar refractivity (Wildman–Crippen MR) is 113 cm³/mol. The van der Waals surface area contributed by atoms with Crippen LogP contribution in [0.5, 0.6) is 0 Å². The average Bonchev–Trinajstić information content (AvgIpc) is 3.35. The van der Waals surface area contributed by atoms with Crippen LogP contribution in [0.4, 0.5) is 0 Å². The van der Waals surface area contributed by atoms with Gasteiger partial charge < -0.3 is 15.4 Å². The summed E-state index contributed by atoms with van der Waals surface area (Å²) in [6.45, 7) is 0.518. The molecule has 0 bridgehead atoms. The van der Waals surface area contributed by atoms with Crippen molar-refractivity contribution in [1.29, 1.82) is 0 Å². The van der Waals surface area contributed by atoms with Gasteiger partial charge in [0.25, 0.3) is 0 Å². The summed E-state index contributed by atoms with van der Waals surface area (Å²) in [6, 6.07) is 27.2. The minimum atomic E-state index is -0.824. The maximum atomic E-state index is 11.4. The number of aliphatic hydroxyl groups is 1. The zero-order valence-electron chi connectivity index (χ0n) is 15.7. The van der Waals surface area contributed by atoms with Crippen LogP contribution in [0.1, 0.15) is 34.7 Å². The summed E-state index contributed by atoms with van der Waals surface area (Å²) < 4.78 is 0. The molecule has 1 aromatic heterocycles. The highest BCUT2D eigenvalue weighted by atomic mass is 16.3. The van der Waals surface area contributed by atoms with Crippen LogP contribution >= 0.6 is 0 Å². The van der Waals surface area contributed by atoms with E-state index in [1.54, 1.807) is 0 Å². The van der Waals surface area contributed by atoms with Gasteiger partial charge in [0, 0.05) is 23.6 Å². The lowest BCUT2D eigenvalue weighted by atomic mass is 9.92. The normalized spacial score (nSPS) is 19.6. The fraction of sp³-hybridized carbons (Fsp3) is 0.200. The topological polar surface area (TPSA) is 48.0 Å². The van der Waals surface area contributed by atoms with Crippen LogP contribution in [0.15, 0.2) is 85.1 Å². The molecular formula is C25H24N2O. The van der Waals surface area contributed by atoms with Crippen LogP contribution in [0.3, 0.4) is 0 Å². The van der Waals surface area contributed by atoms with Crippen molar-refractivity contribution in [2.24, 2.45) is 0 Å². The fourth-order valence-corrected chi connectivity index (χ4v) is 4.54. The first kappa shape index (κ1) is 17.2. The van der Waals surface area contributed by atoms with Crippen molar-refractivity contribution in [3.63, 3.8) is 0 Å². The van der Waals surface area contributed by atoms with E-state index in [2.05, 4.69) is 77.0 Å². The summed E-state index contributed by atoms with van der Waals surface area (Å²) in [5.74, 6) is 0. The number of aromatic nitrogens is 1. The Balaban J connectivity index is 1.51. The van der Waals surface area contributed by atoms with Gasteiger partial charge >= 0.3 is 0 Å². The predicted octanol–water partition coefficient (Wildman–Crippen LogP) is 4.68. The number of fused-ring (bicyclic) bond motifs is 2. The molecule has 0 aliphatic heterocycles. The molecule has 4 aromatic rings. The number of H-pyrrole nitrogens is 1. The number of rotatable bonds is 5. The van der Waals surface area contributed by atoms with E-state index in [0.29, 0.717) is 6.54 Å². The SMILES string of the molecule is OC1(CNC(c2ccccc2)c2cccc3[nH]ccc23)CCc2ccccc21. The van der Waals surface area contributed by atoms with E-state index in [0.717, 1.165) is 23.9 Å². The maximum absolute atomic E-state index is 11.4. The number of aryl methyl sites for hydroxylation is 1. The Bertz CT molecular complexity index is 1100. The molecule has 3 nitrogen and oxygen atoms in total. The van der Waals surface area contributed by atoms with Crippen molar-refractivity contribution < 1.29 is 5.11 Å². The molecule has 3 heteroatoms. The van der Waals surface area contributed by atoms with Crippen LogP contribution in [0.25, 0.3) is 10.9 Å². The van der Waals surface area contributed by atoms with Crippen molar-refractivity contribution >= 4 is 10.9 Å². The molecule has 3 N–H and O–H groups in total. The molecule has 0 spiro atoms. The van der Waals surface area contributed by atoms with Gasteiger partial charge in [-0.3, -0.25) is 0 Å². The monoisotopic (exact) mass is 368 g/mol. The third-order valence-corrected chi connectivity index (χ3v) is 6.00. The Labute approximate surface area is 165 Å². The Kier molecular flexibility index (Phi) is 4.27. The van der Waals surface area contributed by atoms with E-state index in [9.17, 15) is 5.11 Å². The van der Waals surface area contributed by atoms with Crippen LogP contribution in [-0.2, 0) is 12.0 Å². The second-order valence-corrected chi connectivity index (χ2v) is 7.70. The first-order valence-electron chi connectivity index (χ1n) is 9.90. The second kappa shape index (κ2) is 6.93. The Morgan fingerprint density at radius 3 is 2.64 bits per heavy atom. The Morgan fingerprint density at radius 2 is 1.75 bits per heavy atom. The van der Waals surface area contributed by atoms with Crippen LogP contribution < -0.4 is 5.32 Å². The number of hydrogen-bond donors (Lipinski definition) is 3. The highest BCUT2D eigenvalue weighted by molar-refractivity contribution is 5.83. The van der Waals surface area contributed by atoms with Gasteiger partial charge in [0.15, 0.2) is 0 Å². The number of nitrogens with one attached hydrogen (secondary N) is 2. The van der Waals surface area contributed by atoms with Gasteiger partial charge in [-0.15, -0.1) is 0 Å². The van der Waals surface area contributed by atoms with Crippen molar-refractivity contribution in [2.75, 3.05) is 6.54 Å². The zero-order valence-corrected chi connectivity index (χ0v) is 15.7. The lowest BCUT2D eigenvalue weighted by Gasteiger charge is -2.29. The third-order valence-electron chi connectivity index (χ3n) is 6.00. The zero-order chi connectivity index (χ0) is 19.0. The van der Waals surface area contributed by atoms with E-state index >= 15 is 0 Å². The molecule has 0 fully saturated rings. The van der Waals surface area contributed by atoms with Gasteiger partial charge in [-0.05, 0) is 47.2 Å². The molecule has 0 amide bonds. The van der Waals surface area contributed by atoms with Crippen LogP contribution in [0, 0.1) is 0 Å². The summed E-state index contributed by atoms with van der Waals surface area (Å²) in [5.41, 5.74) is 5.05. The molecule has 0 saturated heterocycles. The standard InChI is InChI=1S/C25H24N2O/c28-25(15-13-18-7-4-5-11-22(18)25)17-27-24(19-8-2-1-3-9-19)21-10-6-12-23-20(21)14-16-26-23/h1-12,14,16,24,26-28H,13,15,17H2. The van der Waals surface area contributed by atoms with Gasteiger partial charge in [0.2, 0.25) is 0 Å². The van der Waals surface area contributed by atoms with Gasteiger partial charge in [-0.1, -0.05) is 66.7 Å². The van der Waals surface area contributed by atoms with Crippen LogP contribution in [-0.4, -0.2) is 16.6 Å². The lowest BCUT2D eigenvalue weighted by molar-refractivity contribution is 0.0370. The molecule has 2 unspecified atom stereocenters. The van der Waals surface area contributed by atoms with E-state index in [-0.39, 0.29) is 6.04 Å². The van der Waals surface area contributed by atoms with Crippen LogP contribution in [0.2, 0.25) is 0 Å². The maximum Gasteiger partial charge on any atom is 0.103 e. The summed E-state index contributed by atoms with van der Waals surface area (Å²) in [5, 5.41) is 16.3. The fourth-order valence-electron chi connectivity index (χ4n) is 4.54. The van der Waals surface area contributed by atoms with E-state index in [1.165, 1.54) is 22.1 Å². The van der Waals surface area contributed by atoms with Crippen molar-refractivity contribution in [3.8, 4) is 0 Å². The lowest BCUT2D eigenvalue weighted by Crippen LogP contribution is -2.38. The molecule has 1 aliphatic carbocycles. The van der Waals surface area contributed by atoms with Gasteiger partial charge in [0.05, 0.1) is 6.04 Å². The molecule has 3 aromatic carbocycles. The van der Waals surface area contributed by atoms with E-state index in [4.69, 9.17) is 0 Å².